The summed E-state index contributed by atoms with van der Waals surface area (Å²) in [7, 11) is -3.73. The third-order valence-electron chi connectivity index (χ3n) is 5.87. The van der Waals surface area contributed by atoms with Gasteiger partial charge in [0.05, 0.1) is 11.5 Å². The van der Waals surface area contributed by atoms with Crippen molar-refractivity contribution in [2.75, 3.05) is 45.9 Å². The number of hydrogen-bond acceptors (Lipinski definition) is 5. The molecule has 10 heteroatoms. The summed E-state index contributed by atoms with van der Waals surface area (Å²) in [4.78, 5) is 2.37. The second-order valence-corrected chi connectivity index (χ2v) is 10.1. The molecule has 3 fully saturated rings. The van der Waals surface area contributed by atoms with Crippen molar-refractivity contribution in [3.63, 3.8) is 0 Å². The van der Waals surface area contributed by atoms with Gasteiger partial charge in [-0.05, 0) is 19.3 Å². The van der Waals surface area contributed by atoms with E-state index in [9.17, 15) is 21.6 Å². The molecule has 4 rings (SSSR count). The van der Waals surface area contributed by atoms with Crippen molar-refractivity contribution in [1.82, 2.24) is 14.5 Å². The number of sulfonamides is 1. The van der Waals surface area contributed by atoms with Gasteiger partial charge in [-0.15, -0.1) is 0 Å². The number of likely N-dealkylation sites (tertiary alicyclic amines) is 1. The van der Waals surface area contributed by atoms with Gasteiger partial charge < -0.3 is 15.0 Å². The summed E-state index contributed by atoms with van der Waals surface area (Å²) in [6, 6.07) is 0. The van der Waals surface area contributed by atoms with Crippen LogP contribution in [-0.2, 0) is 14.8 Å². The third kappa shape index (κ3) is 3.52. The monoisotopic (exact) mass is 407 g/mol. The highest BCUT2D eigenvalue weighted by Gasteiger charge is 2.55. The van der Waals surface area contributed by atoms with Gasteiger partial charge in [0.2, 0.25) is 10.0 Å². The van der Waals surface area contributed by atoms with E-state index in [-0.39, 0.29) is 22.4 Å². The third-order valence-corrected chi connectivity index (χ3v) is 7.90. The van der Waals surface area contributed by atoms with Gasteiger partial charge in [0.1, 0.15) is 5.70 Å². The lowest BCUT2D eigenvalue weighted by molar-refractivity contribution is -0.0963. The maximum Gasteiger partial charge on any atom is 0.430 e. The number of hydrogen-bond donors (Lipinski definition) is 1. The summed E-state index contributed by atoms with van der Waals surface area (Å²) in [6.45, 7) is 6.65. The Balaban J connectivity index is 1.33. The summed E-state index contributed by atoms with van der Waals surface area (Å²) >= 11 is 0. The first-order chi connectivity index (χ1) is 12.6. The number of alkyl halides is 3. The Morgan fingerprint density at radius 2 is 2.00 bits per heavy atom. The van der Waals surface area contributed by atoms with E-state index in [0.717, 1.165) is 45.3 Å². The maximum absolute atomic E-state index is 12.8. The first kappa shape index (κ1) is 19.2. The second-order valence-electron chi connectivity index (χ2n) is 8.17. The van der Waals surface area contributed by atoms with Gasteiger partial charge in [0, 0.05) is 56.9 Å². The number of dihydropyridines is 1. The molecule has 0 bridgehead atoms. The van der Waals surface area contributed by atoms with Gasteiger partial charge in [0.25, 0.3) is 0 Å². The van der Waals surface area contributed by atoms with Gasteiger partial charge in [-0.1, -0.05) is 6.08 Å². The molecule has 1 atom stereocenters. The van der Waals surface area contributed by atoms with Crippen LogP contribution in [0, 0.1) is 11.3 Å². The molecule has 0 radical (unpaired) electrons. The van der Waals surface area contributed by atoms with Crippen LogP contribution in [0.4, 0.5) is 13.2 Å². The van der Waals surface area contributed by atoms with E-state index in [0.29, 0.717) is 19.0 Å². The molecule has 4 heterocycles. The molecule has 4 aliphatic heterocycles. The quantitative estimate of drug-likeness (QED) is 0.768. The van der Waals surface area contributed by atoms with Gasteiger partial charge in [0.15, 0.2) is 0 Å². The average Bonchev–Trinajstić information content (AvgIpc) is 2.99. The summed E-state index contributed by atoms with van der Waals surface area (Å²) in [5.74, 6) is 0.568. The molecule has 1 unspecified atom stereocenters. The van der Waals surface area contributed by atoms with Gasteiger partial charge in [-0.3, -0.25) is 0 Å². The molecule has 0 aromatic heterocycles. The predicted molar refractivity (Wildman–Crippen MR) is 92.9 cm³/mol. The highest BCUT2D eigenvalue weighted by molar-refractivity contribution is 7.93. The fourth-order valence-corrected chi connectivity index (χ4v) is 6.44. The minimum absolute atomic E-state index is 0.00998. The Hall–Kier alpha value is -1.10. The van der Waals surface area contributed by atoms with E-state index in [1.807, 2.05) is 0 Å². The Kier molecular flexibility index (Phi) is 4.60. The molecule has 27 heavy (non-hydrogen) atoms. The van der Waals surface area contributed by atoms with Crippen LogP contribution in [0.15, 0.2) is 22.4 Å². The Bertz CT molecular complexity index is 771. The summed E-state index contributed by atoms with van der Waals surface area (Å²) in [5, 5.41) is 2.20. The number of nitrogens with zero attached hydrogens (tertiary/aromatic N) is 2. The van der Waals surface area contributed by atoms with Crippen LogP contribution in [0.1, 0.15) is 19.8 Å². The molecule has 0 saturated carbocycles. The molecule has 3 saturated heterocycles. The molecule has 152 valence electrons. The Morgan fingerprint density at radius 3 is 2.56 bits per heavy atom. The number of nitrogens with one attached hydrogen (secondary N) is 1. The number of halogens is 3. The average molecular weight is 407 g/mol. The van der Waals surface area contributed by atoms with Crippen LogP contribution in [-0.4, -0.2) is 69.7 Å². The van der Waals surface area contributed by atoms with Crippen molar-refractivity contribution in [3.05, 3.63) is 22.4 Å². The molecule has 6 nitrogen and oxygen atoms in total. The first-order valence-corrected chi connectivity index (χ1v) is 10.6. The fraction of sp³-hybridized carbons (Fsp3) is 0.765. The Labute approximate surface area is 157 Å². The van der Waals surface area contributed by atoms with Crippen LogP contribution in [0.25, 0.3) is 0 Å². The number of allylic oxidation sites excluding steroid dienone is 4. The Morgan fingerprint density at radius 1 is 1.30 bits per heavy atom. The fourth-order valence-electron chi connectivity index (χ4n) is 4.51. The topological polar surface area (TPSA) is 61.9 Å². The summed E-state index contributed by atoms with van der Waals surface area (Å²) < 4.78 is 70.8. The smallest absolute Gasteiger partial charge is 0.381 e. The zero-order valence-electron chi connectivity index (χ0n) is 15.2. The van der Waals surface area contributed by atoms with Gasteiger partial charge >= 0.3 is 6.18 Å². The predicted octanol–water partition coefficient (Wildman–Crippen LogP) is 1.64. The molecule has 0 aliphatic carbocycles. The molecular weight excluding hydrogens is 383 g/mol. The van der Waals surface area contributed by atoms with E-state index in [4.69, 9.17) is 4.74 Å². The van der Waals surface area contributed by atoms with Crippen LogP contribution in [0.5, 0.6) is 0 Å². The van der Waals surface area contributed by atoms with Crippen molar-refractivity contribution in [2.45, 2.75) is 25.9 Å². The lowest BCUT2D eigenvalue weighted by Crippen LogP contribution is -2.73. The molecular formula is C17H24F3N3O3S. The SMILES string of the molecule is CC1=C(S(=O)(=O)N2CC3(CN(CC4CCOC4)C3)C2)CC=C(C(F)(F)F)N1. The van der Waals surface area contributed by atoms with E-state index in [1.165, 1.54) is 11.2 Å². The maximum atomic E-state index is 12.8. The van der Waals surface area contributed by atoms with E-state index < -0.39 is 21.9 Å². The van der Waals surface area contributed by atoms with Crippen molar-refractivity contribution in [3.8, 4) is 0 Å². The lowest BCUT2D eigenvalue weighted by atomic mass is 9.74. The standard InChI is InChI=1S/C17H24F3N3O3S/c1-12-14(2-3-15(21-12)17(18,19)20)27(24,25)23-10-16(11-23)8-22(9-16)6-13-4-5-26-7-13/h3,13,21H,2,4-11H2,1H3. The van der Waals surface area contributed by atoms with E-state index in [2.05, 4.69) is 10.2 Å². The highest BCUT2D eigenvalue weighted by atomic mass is 32.2. The number of rotatable bonds is 4. The van der Waals surface area contributed by atoms with Crippen molar-refractivity contribution in [1.29, 1.82) is 0 Å². The molecule has 1 spiro atoms. The molecule has 4 aliphatic rings. The lowest BCUT2D eigenvalue weighted by Gasteiger charge is -2.60. The molecule has 0 amide bonds. The van der Waals surface area contributed by atoms with E-state index in [1.54, 1.807) is 0 Å². The first-order valence-electron chi connectivity index (χ1n) is 9.13. The largest absolute Gasteiger partial charge is 0.430 e. The summed E-state index contributed by atoms with van der Waals surface area (Å²) in [5.41, 5.74) is -0.831. The minimum Gasteiger partial charge on any atom is -0.381 e. The second kappa shape index (κ2) is 6.47. The van der Waals surface area contributed by atoms with Crippen LogP contribution < -0.4 is 5.32 Å². The molecule has 0 aromatic rings. The highest BCUT2D eigenvalue weighted by Crippen LogP contribution is 2.43. The zero-order valence-corrected chi connectivity index (χ0v) is 16.0. The molecule has 0 aromatic carbocycles. The number of ether oxygens (including phenoxy) is 1. The summed E-state index contributed by atoms with van der Waals surface area (Å²) in [6.07, 6.45) is -2.74. The van der Waals surface area contributed by atoms with Crippen molar-refractivity contribution >= 4 is 10.0 Å². The van der Waals surface area contributed by atoms with Crippen molar-refractivity contribution < 1.29 is 26.3 Å². The van der Waals surface area contributed by atoms with Crippen LogP contribution >= 0.6 is 0 Å². The van der Waals surface area contributed by atoms with Crippen molar-refractivity contribution in [2.24, 2.45) is 11.3 Å². The van der Waals surface area contributed by atoms with Crippen LogP contribution in [0.2, 0.25) is 0 Å². The van der Waals surface area contributed by atoms with Gasteiger partial charge in [-0.2, -0.15) is 17.5 Å². The van der Waals surface area contributed by atoms with Gasteiger partial charge in [-0.25, -0.2) is 8.42 Å². The van der Waals surface area contributed by atoms with E-state index >= 15 is 0 Å². The minimum atomic E-state index is -4.50. The van der Waals surface area contributed by atoms with Crippen LogP contribution in [0.3, 0.4) is 0 Å². The molecule has 1 N–H and O–H groups in total. The zero-order chi connectivity index (χ0) is 19.4. The normalized spacial score (nSPS) is 29.3.